The van der Waals surface area contributed by atoms with E-state index in [0.717, 1.165) is 24.8 Å². The fourth-order valence-electron chi connectivity index (χ4n) is 1.49. The van der Waals surface area contributed by atoms with Gasteiger partial charge in [-0.3, -0.25) is 4.99 Å². The van der Waals surface area contributed by atoms with E-state index in [9.17, 15) is 0 Å². The highest BCUT2D eigenvalue weighted by Crippen LogP contribution is 2.17. The van der Waals surface area contributed by atoms with Gasteiger partial charge in [0.15, 0.2) is 5.96 Å². The zero-order chi connectivity index (χ0) is 14.1. The Morgan fingerprint density at radius 3 is 2.47 bits per heavy atom. The molecule has 1 aromatic carbocycles. The van der Waals surface area contributed by atoms with Gasteiger partial charge in [-0.25, -0.2) is 0 Å². The molecule has 0 bridgehead atoms. The molecule has 0 saturated carbocycles. The van der Waals surface area contributed by atoms with Gasteiger partial charge in [0, 0.05) is 30.8 Å². The third-order valence-corrected chi connectivity index (χ3v) is 3.60. The molecule has 3 nitrogen and oxygen atoms in total. The van der Waals surface area contributed by atoms with Crippen molar-refractivity contribution >= 4 is 17.7 Å². The van der Waals surface area contributed by atoms with Crippen molar-refractivity contribution < 1.29 is 0 Å². The molecule has 0 aliphatic heterocycles. The fourth-order valence-corrected chi connectivity index (χ4v) is 2.26. The summed E-state index contributed by atoms with van der Waals surface area (Å²) in [5, 5.41) is 6.63. The standard InChI is InChI=1S/C15H25N3S/c1-12(2)11-18-15(16-4)17-9-10-19-14-7-5-13(3)6-8-14/h5-8,12H,9-11H2,1-4H3,(H2,16,17,18). The third-order valence-electron chi connectivity index (χ3n) is 2.59. The van der Waals surface area contributed by atoms with Gasteiger partial charge in [-0.15, -0.1) is 11.8 Å². The molecule has 0 radical (unpaired) electrons. The van der Waals surface area contributed by atoms with Crippen molar-refractivity contribution in [3.05, 3.63) is 29.8 Å². The lowest BCUT2D eigenvalue weighted by Crippen LogP contribution is -2.40. The van der Waals surface area contributed by atoms with E-state index in [1.807, 2.05) is 18.8 Å². The quantitative estimate of drug-likeness (QED) is 0.364. The zero-order valence-corrected chi connectivity index (χ0v) is 13.2. The number of hydrogen-bond acceptors (Lipinski definition) is 2. The number of benzene rings is 1. The van der Waals surface area contributed by atoms with E-state index in [0.29, 0.717) is 5.92 Å². The molecule has 4 heteroatoms. The maximum Gasteiger partial charge on any atom is 0.191 e. The van der Waals surface area contributed by atoms with Gasteiger partial charge < -0.3 is 10.6 Å². The molecule has 0 amide bonds. The summed E-state index contributed by atoms with van der Waals surface area (Å²) in [6.45, 7) is 8.35. The van der Waals surface area contributed by atoms with E-state index in [1.165, 1.54) is 10.5 Å². The van der Waals surface area contributed by atoms with E-state index >= 15 is 0 Å². The topological polar surface area (TPSA) is 36.4 Å². The van der Waals surface area contributed by atoms with Crippen LogP contribution in [0.2, 0.25) is 0 Å². The first-order valence-corrected chi connectivity index (χ1v) is 7.74. The Kier molecular flexibility index (Phi) is 7.41. The third kappa shape index (κ3) is 7.11. The maximum absolute atomic E-state index is 4.20. The van der Waals surface area contributed by atoms with Gasteiger partial charge in [0.1, 0.15) is 0 Å². The average Bonchev–Trinajstić information content (AvgIpc) is 2.40. The van der Waals surface area contributed by atoms with Crippen LogP contribution in [0.25, 0.3) is 0 Å². The lowest BCUT2D eigenvalue weighted by Gasteiger charge is -2.13. The highest BCUT2D eigenvalue weighted by Gasteiger charge is 1.99. The molecule has 1 aromatic rings. The highest BCUT2D eigenvalue weighted by atomic mass is 32.2. The number of guanidine groups is 1. The van der Waals surface area contributed by atoms with Gasteiger partial charge in [0.05, 0.1) is 0 Å². The summed E-state index contributed by atoms with van der Waals surface area (Å²) in [6.07, 6.45) is 0. The predicted octanol–water partition coefficient (Wildman–Crippen LogP) is 2.91. The Bertz CT molecular complexity index is 385. The van der Waals surface area contributed by atoms with Crippen LogP contribution in [-0.4, -0.2) is 31.8 Å². The minimum atomic E-state index is 0.625. The number of nitrogens with one attached hydrogen (secondary N) is 2. The summed E-state index contributed by atoms with van der Waals surface area (Å²) in [5.41, 5.74) is 1.31. The van der Waals surface area contributed by atoms with E-state index in [2.05, 4.69) is 60.7 Å². The normalized spacial score (nSPS) is 11.7. The molecule has 0 aliphatic rings. The number of nitrogens with zero attached hydrogens (tertiary/aromatic N) is 1. The molecule has 0 aromatic heterocycles. The smallest absolute Gasteiger partial charge is 0.191 e. The first kappa shape index (κ1) is 15.9. The summed E-state index contributed by atoms with van der Waals surface area (Å²) < 4.78 is 0. The lowest BCUT2D eigenvalue weighted by molar-refractivity contribution is 0.616. The number of thioether (sulfide) groups is 1. The van der Waals surface area contributed by atoms with Gasteiger partial charge in [-0.1, -0.05) is 31.5 Å². The average molecular weight is 279 g/mol. The van der Waals surface area contributed by atoms with Gasteiger partial charge in [-0.05, 0) is 25.0 Å². The Morgan fingerprint density at radius 1 is 1.21 bits per heavy atom. The number of aryl methyl sites for hydroxylation is 1. The van der Waals surface area contributed by atoms with Crippen LogP contribution >= 0.6 is 11.8 Å². The largest absolute Gasteiger partial charge is 0.356 e. The second kappa shape index (κ2) is 8.86. The Morgan fingerprint density at radius 2 is 1.89 bits per heavy atom. The molecule has 0 atom stereocenters. The Labute approximate surface area is 121 Å². The zero-order valence-electron chi connectivity index (χ0n) is 12.4. The molecule has 0 saturated heterocycles. The molecule has 2 N–H and O–H groups in total. The molecule has 0 spiro atoms. The van der Waals surface area contributed by atoms with Crippen LogP contribution in [0, 0.1) is 12.8 Å². The summed E-state index contributed by atoms with van der Waals surface area (Å²) >= 11 is 1.86. The van der Waals surface area contributed by atoms with E-state index < -0.39 is 0 Å². The molecule has 0 aliphatic carbocycles. The Balaban J connectivity index is 2.20. The summed E-state index contributed by atoms with van der Waals surface area (Å²) in [7, 11) is 1.81. The minimum Gasteiger partial charge on any atom is -0.356 e. The van der Waals surface area contributed by atoms with Crippen LogP contribution < -0.4 is 10.6 Å². The molecule has 19 heavy (non-hydrogen) atoms. The van der Waals surface area contributed by atoms with Crippen LogP contribution in [0.5, 0.6) is 0 Å². The van der Waals surface area contributed by atoms with Crippen molar-refractivity contribution in [2.75, 3.05) is 25.9 Å². The minimum absolute atomic E-state index is 0.625. The van der Waals surface area contributed by atoms with Crippen molar-refractivity contribution in [1.29, 1.82) is 0 Å². The second-order valence-electron chi connectivity index (χ2n) is 4.94. The van der Waals surface area contributed by atoms with E-state index in [-0.39, 0.29) is 0 Å². The summed E-state index contributed by atoms with van der Waals surface area (Å²) in [4.78, 5) is 5.52. The highest BCUT2D eigenvalue weighted by molar-refractivity contribution is 7.99. The van der Waals surface area contributed by atoms with Gasteiger partial charge >= 0.3 is 0 Å². The van der Waals surface area contributed by atoms with E-state index in [1.54, 1.807) is 0 Å². The van der Waals surface area contributed by atoms with Crippen molar-refractivity contribution in [2.24, 2.45) is 10.9 Å². The molecule has 0 heterocycles. The van der Waals surface area contributed by atoms with E-state index in [4.69, 9.17) is 0 Å². The number of rotatable bonds is 6. The molecule has 106 valence electrons. The number of hydrogen-bond donors (Lipinski definition) is 2. The maximum atomic E-state index is 4.20. The van der Waals surface area contributed by atoms with Crippen molar-refractivity contribution in [3.8, 4) is 0 Å². The van der Waals surface area contributed by atoms with Crippen molar-refractivity contribution in [3.63, 3.8) is 0 Å². The fraction of sp³-hybridized carbons (Fsp3) is 0.533. The number of aliphatic imine (C=N–C) groups is 1. The van der Waals surface area contributed by atoms with Gasteiger partial charge in [0.2, 0.25) is 0 Å². The van der Waals surface area contributed by atoms with Crippen molar-refractivity contribution in [1.82, 2.24) is 10.6 Å². The molecular weight excluding hydrogens is 254 g/mol. The van der Waals surface area contributed by atoms with Crippen LogP contribution in [0.4, 0.5) is 0 Å². The molecule has 0 unspecified atom stereocenters. The van der Waals surface area contributed by atoms with Crippen LogP contribution in [0.15, 0.2) is 34.2 Å². The Hall–Kier alpha value is -1.16. The first-order chi connectivity index (χ1) is 9.11. The lowest BCUT2D eigenvalue weighted by atomic mass is 10.2. The van der Waals surface area contributed by atoms with Crippen LogP contribution in [0.1, 0.15) is 19.4 Å². The molecular formula is C15H25N3S. The van der Waals surface area contributed by atoms with Gasteiger partial charge in [-0.2, -0.15) is 0 Å². The predicted molar refractivity (Wildman–Crippen MR) is 86.1 cm³/mol. The first-order valence-electron chi connectivity index (χ1n) is 6.76. The van der Waals surface area contributed by atoms with Crippen LogP contribution in [0.3, 0.4) is 0 Å². The second-order valence-corrected chi connectivity index (χ2v) is 6.10. The van der Waals surface area contributed by atoms with Crippen LogP contribution in [-0.2, 0) is 0 Å². The summed E-state index contributed by atoms with van der Waals surface area (Å²) in [5.74, 6) is 2.55. The monoisotopic (exact) mass is 279 g/mol. The van der Waals surface area contributed by atoms with Crippen molar-refractivity contribution in [2.45, 2.75) is 25.7 Å². The molecule has 1 rings (SSSR count). The SMILES string of the molecule is CN=C(NCCSc1ccc(C)cc1)NCC(C)C. The van der Waals surface area contributed by atoms with Gasteiger partial charge in [0.25, 0.3) is 0 Å². The summed E-state index contributed by atoms with van der Waals surface area (Å²) in [6, 6.07) is 8.65. The molecule has 0 fully saturated rings.